The van der Waals surface area contributed by atoms with E-state index < -0.39 is 0 Å². The number of anilines is 1. The number of fused-ring (bicyclic) bond motifs is 1. The first-order valence-corrected chi connectivity index (χ1v) is 8.63. The molecule has 0 radical (unpaired) electrons. The lowest BCUT2D eigenvalue weighted by molar-refractivity contribution is 0.0947. The molecule has 0 bridgehead atoms. The van der Waals surface area contributed by atoms with E-state index in [0.29, 0.717) is 18.8 Å². The van der Waals surface area contributed by atoms with E-state index in [9.17, 15) is 4.79 Å². The molecule has 0 spiro atoms. The van der Waals surface area contributed by atoms with Gasteiger partial charge in [-0.25, -0.2) is 4.98 Å². The Morgan fingerprint density at radius 2 is 2.04 bits per heavy atom. The van der Waals surface area contributed by atoms with Crippen LogP contribution in [0.5, 0.6) is 11.5 Å². The SMILES string of the molecule is CN(C)CCCNC(=O)c1ccc(NCc2ccc3c(c2)OCO3)cn1. The van der Waals surface area contributed by atoms with Crippen molar-refractivity contribution in [3.8, 4) is 11.5 Å². The zero-order chi connectivity index (χ0) is 18.4. The molecule has 1 aromatic heterocycles. The minimum atomic E-state index is -0.147. The quantitative estimate of drug-likeness (QED) is 0.706. The highest BCUT2D eigenvalue weighted by atomic mass is 16.7. The lowest BCUT2D eigenvalue weighted by Crippen LogP contribution is -2.27. The molecule has 2 aromatic rings. The molecular formula is C19H24N4O3. The predicted octanol–water partition coefficient (Wildman–Crippen LogP) is 2.10. The Morgan fingerprint density at radius 3 is 2.81 bits per heavy atom. The van der Waals surface area contributed by atoms with Gasteiger partial charge < -0.3 is 25.0 Å². The maximum atomic E-state index is 12.1. The van der Waals surface area contributed by atoms with E-state index in [1.54, 1.807) is 12.3 Å². The van der Waals surface area contributed by atoms with Crippen LogP contribution < -0.4 is 20.1 Å². The molecule has 0 unspecified atom stereocenters. The molecule has 0 fully saturated rings. The molecule has 1 aromatic carbocycles. The fraction of sp³-hybridized carbons (Fsp3) is 0.368. The third-order valence-electron chi connectivity index (χ3n) is 4.00. The van der Waals surface area contributed by atoms with Crippen molar-refractivity contribution in [1.29, 1.82) is 0 Å². The summed E-state index contributed by atoms with van der Waals surface area (Å²) in [4.78, 5) is 18.4. The van der Waals surface area contributed by atoms with E-state index >= 15 is 0 Å². The lowest BCUT2D eigenvalue weighted by Gasteiger charge is -2.10. The molecule has 1 amide bonds. The molecule has 0 atom stereocenters. The van der Waals surface area contributed by atoms with Gasteiger partial charge in [-0.2, -0.15) is 0 Å². The van der Waals surface area contributed by atoms with Crippen LogP contribution in [0, 0.1) is 0 Å². The third-order valence-corrected chi connectivity index (χ3v) is 4.00. The summed E-state index contributed by atoms with van der Waals surface area (Å²) in [7, 11) is 4.03. The van der Waals surface area contributed by atoms with Crippen LogP contribution >= 0.6 is 0 Å². The van der Waals surface area contributed by atoms with Crippen LogP contribution in [0.3, 0.4) is 0 Å². The molecule has 3 rings (SSSR count). The van der Waals surface area contributed by atoms with Crippen molar-refractivity contribution >= 4 is 11.6 Å². The standard InChI is InChI=1S/C19H24N4O3/c1-23(2)9-3-8-20-19(24)16-6-5-15(12-22-16)21-11-14-4-7-17-18(10-14)26-13-25-17/h4-7,10,12,21H,3,8-9,11,13H2,1-2H3,(H,20,24). The number of ether oxygens (including phenoxy) is 2. The van der Waals surface area contributed by atoms with Crippen molar-refractivity contribution in [2.75, 3.05) is 39.3 Å². The topological polar surface area (TPSA) is 75.7 Å². The first-order valence-electron chi connectivity index (χ1n) is 8.63. The van der Waals surface area contributed by atoms with E-state index in [0.717, 1.165) is 35.7 Å². The molecule has 0 saturated heterocycles. The van der Waals surface area contributed by atoms with Crippen molar-refractivity contribution in [1.82, 2.24) is 15.2 Å². The van der Waals surface area contributed by atoms with Gasteiger partial charge >= 0.3 is 0 Å². The molecule has 7 heteroatoms. The van der Waals surface area contributed by atoms with Gasteiger partial charge in [0.25, 0.3) is 5.91 Å². The number of benzene rings is 1. The van der Waals surface area contributed by atoms with Crippen LogP contribution in [0.2, 0.25) is 0 Å². The summed E-state index contributed by atoms with van der Waals surface area (Å²) in [5.74, 6) is 1.39. The number of hydrogen-bond acceptors (Lipinski definition) is 6. The Bertz CT molecular complexity index is 747. The summed E-state index contributed by atoms with van der Waals surface area (Å²) in [6, 6.07) is 9.43. The number of nitrogens with zero attached hydrogens (tertiary/aromatic N) is 2. The molecule has 138 valence electrons. The average molecular weight is 356 g/mol. The van der Waals surface area contributed by atoms with Gasteiger partial charge in [0, 0.05) is 13.1 Å². The number of carbonyl (C=O) groups is 1. The minimum absolute atomic E-state index is 0.147. The highest BCUT2D eigenvalue weighted by Crippen LogP contribution is 2.32. The number of rotatable bonds is 8. The largest absolute Gasteiger partial charge is 0.454 e. The van der Waals surface area contributed by atoms with Gasteiger partial charge in [0.15, 0.2) is 11.5 Å². The maximum Gasteiger partial charge on any atom is 0.269 e. The first-order chi connectivity index (χ1) is 12.6. The number of aromatic nitrogens is 1. The second-order valence-electron chi connectivity index (χ2n) is 6.39. The zero-order valence-electron chi connectivity index (χ0n) is 15.1. The molecule has 26 heavy (non-hydrogen) atoms. The molecule has 2 heterocycles. The summed E-state index contributed by atoms with van der Waals surface area (Å²) in [6.45, 7) is 2.49. The summed E-state index contributed by atoms with van der Waals surface area (Å²) >= 11 is 0. The Kier molecular flexibility index (Phi) is 5.91. The van der Waals surface area contributed by atoms with E-state index in [4.69, 9.17) is 9.47 Å². The lowest BCUT2D eigenvalue weighted by atomic mass is 10.2. The van der Waals surface area contributed by atoms with Gasteiger partial charge in [-0.3, -0.25) is 4.79 Å². The monoisotopic (exact) mass is 356 g/mol. The van der Waals surface area contributed by atoms with E-state index in [1.165, 1.54) is 0 Å². The molecule has 2 N–H and O–H groups in total. The van der Waals surface area contributed by atoms with Gasteiger partial charge in [-0.1, -0.05) is 6.07 Å². The molecule has 0 saturated carbocycles. The van der Waals surface area contributed by atoms with E-state index in [2.05, 4.69) is 20.5 Å². The highest BCUT2D eigenvalue weighted by molar-refractivity contribution is 5.92. The highest BCUT2D eigenvalue weighted by Gasteiger charge is 2.13. The Labute approximate surface area is 153 Å². The van der Waals surface area contributed by atoms with Crippen molar-refractivity contribution < 1.29 is 14.3 Å². The molecule has 1 aliphatic heterocycles. The number of amides is 1. The van der Waals surface area contributed by atoms with Crippen molar-refractivity contribution in [3.63, 3.8) is 0 Å². The Hall–Kier alpha value is -2.80. The fourth-order valence-electron chi connectivity index (χ4n) is 2.58. The van der Waals surface area contributed by atoms with Crippen molar-refractivity contribution in [3.05, 3.63) is 47.8 Å². The van der Waals surface area contributed by atoms with Crippen LogP contribution in [0.25, 0.3) is 0 Å². The number of nitrogens with one attached hydrogen (secondary N) is 2. The van der Waals surface area contributed by atoms with Crippen LogP contribution in [0.1, 0.15) is 22.5 Å². The maximum absolute atomic E-state index is 12.1. The second-order valence-corrected chi connectivity index (χ2v) is 6.39. The average Bonchev–Trinajstić information content (AvgIpc) is 3.11. The van der Waals surface area contributed by atoms with Crippen LogP contribution in [-0.2, 0) is 6.54 Å². The van der Waals surface area contributed by atoms with Crippen LogP contribution in [0.15, 0.2) is 36.5 Å². The third kappa shape index (κ3) is 4.86. The van der Waals surface area contributed by atoms with Crippen LogP contribution in [0.4, 0.5) is 5.69 Å². The van der Waals surface area contributed by atoms with Crippen LogP contribution in [-0.4, -0.2) is 49.8 Å². The van der Waals surface area contributed by atoms with Gasteiger partial charge in [0.2, 0.25) is 6.79 Å². The second kappa shape index (κ2) is 8.53. The zero-order valence-corrected chi connectivity index (χ0v) is 15.1. The normalized spacial score (nSPS) is 12.3. The Morgan fingerprint density at radius 1 is 1.19 bits per heavy atom. The van der Waals surface area contributed by atoms with Crippen molar-refractivity contribution in [2.45, 2.75) is 13.0 Å². The van der Waals surface area contributed by atoms with Crippen molar-refractivity contribution in [2.24, 2.45) is 0 Å². The van der Waals surface area contributed by atoms with Gasteiger partial charge in [-0.05, 0) is 56.9 Å². The smallest absolute Gasteiger partial charge is 0.269 e. The molecule has 7 nitrogen and oxygen atoms in total. The predicted molar refractivity (Wildman–Crippen MR) is 99.6 cm³/mol. The molecular weight excluding hydrogens is 332 g/mol. The first kappa shape index (κ1) is 18.0. The molecule has 0 aliphatic carbocycles. The fourth-order valence-corrected chi connectivity index (χ4v) is 2.58. The van der Waals surface area contributed by atoms with E-state index in [1.807, 2.05) is 38.4 Å². The number of hydrogen-bond donors (Lipinski definition) is 2. The Balaban J connectivity index is 1.47. The van der Waals surface area contributed by atoms with E-state index in [-0.39, 0.29) is 12.7 Å². The molecule has 1 aliphatic rings. The minimum Gasteiger partial charge on any atom is -0.454 e. The number of pyridine rings is 1. The van der Waals surface area contributed by atoms with Gasteiger partial charge in [-0.15, -0.1) is 0 Å². The summed E-state index contributed by atoms with van der Waals surface area (Å²) in [5, 5.41) is 6.17. The summed E-state index contributed by atoms with van der Waals surface area (Å²) in [5.41, 5.74) is 2.35. The van der Waals surface area contributed by atoms with Gasteiger partial charge in [0.1, 0.15) is 5.69 Å². The number of carbonyl (C=O) groups excluding carboxylic acids is 1. The summed E-state index contributed by atoms with van der Waals surface area (Å²) < 4.78 is 10.7. The summed E-state index contributed by atoms with van der Waals surface area (Å²) in [6.07, 6.45) is 2.58. The van der Waals surface area contributed by atoms with Gasteiger partial charge in [0.05, 0.1) is 11.9 Å².